The third-order valence-electron chi connectivity index (χ3n) is 4.95. The number of fused-ring (bicyclic) bond motifs is 1. The summed E-state index contributed by atoms with van der Waals surface area (Å²) in [5.41, 5.74) is 2.20. The fraction of sp³-hybridized carbons (Fsp3) is 0.286. The summed E-state index contributed by atoms with van der Waals surface area (Å²) in [7, 11) is 1.62. The Morgan fingerprint density at radius 1 is 1.07 bits per heavy atom. The van der Waals surface area contributed by atoms with E-state index in [4.69, 9.17) is 4.74 Å². The Labute approximate surface area is 157 Å². The lowest BCUT2D eigenvalue weighted by Crippen LogP contribution is -2.31. The van der Waals surface area contributed by atoms with Crippen LogP contribution in [-0.4, -0.2) is 42.3 Å². The van der Waals surface area contributed by atoms with Crippen LogP contribution in [0.1, 0.15) is 49.5 Å². The highest BCUT2D eigenvalue weighted by molar-refractivity contribution is 6.22. The molecule has 1 N–H and O–H groups in total. The number of ether oxygens (including phenoxy) is 1. The van der Waals surface area contributed by atoms with Gasteiger partial charge in [0.2, 0.25) is 0 Å². The lowest BCUT2D eigenvalue weighted by atomic mass is 10.1. The van der Waals surface area contributed by atoms with E-state index in [1.54, 1.807) is 19.2 Å². The number of hydrogen-bond donors (Lipinski definition) is 1. The number of rotatable bonds is 6. The number of nitrogens with zero attached hydrogens (tertiary/aromatic N) is 1. The van der Waals surface area contributed by atoms with E-state index in [1.165, 1.54) is 11.0 Å². The molecule has 6 heteroatoms. The van der Waals surface area contributed by atoms with Crippen LogP contribution in [0.2, 0.25) is 0 Å². The van der Waals surface area contributed by atoms with Crippen molar-refractivity contribution in [2.75, 3.05) is 13.7 Å². The van der Waals surface area contributed by atoms with Gasteiger partial charge in [-0.25, -0.2) is 0 Å². The summed E-state index contributed by atoms with van der Waals surface area (Å²) in [5.74, 6) is 0.00571. The van der Waals surface area contributed by atoms with E-state index < -0.39 is 0 Å². The second kappa shape index (κ2) is 6.87. The molecule has 0 bridgehead atoms. The zero-order chi connectivity index (χ0) is 19.0. The fourth-order valence-corrected chi connectivity index (χ4v) is 3.28. The number of benzene rings is 2. The molecule has 1 heterocycles. The maximum absolute atomic E-state index is 12.5. The quantitative estimate of drug-likeness (QED) is 0.799. The smallest absolute Gasteiger partial charge is 0.261 e. The Morgan fingerprint density at radius 3 is 2.44 bits per heavy atom. The van der Waals surface area contributed by atoms with E-state index >= 15 is 0 Å². The van der Waals surface area contributed by atoms with Crippen LogP contribution < -0.4 is 10.1 Å². The predicted octanol–water partition coefficient (Wildman–Crippen LogP) is 2.43. The normalized spacial score (nSPS) is 15.7. The van der Waals surface area contributed by atoms with Gasteiger partial charge in [-0.3, -0.25) is 19.3 Å². The molecule has 0 spiro atoms. The first-order valence-corrected chi connectivity index (χ1v) is 9.01. The van der Waals surface area contributed by atoms with Crippen LogP contribution in [0.4, 0.5) is 0 Å². The molecule has 0 saturated heterocycles. The van der Waals surface area contributed by atoms with Crippen LogP contribution in [0.3, 0.4) is 0 Å². The highest BCUT2D eigenvalue weighted by Crippen LogP contribution is 2.34. The topological polar surface area (TPSA) is 75.7 Å². The van der Waals surface area contributed by atoms with Crippen LogP contribution in [0.25, 0.3) is 0 Å². The van der Waals surface area contributed by atoms with Gasteiger partial charge in [0.15, 0.2) is 0 Å². The molecular weight excluding hydrogens is 344 g/mol. The SMILES string of the molecule is COc1ccc(CCNC(=O)c2ccc3c(c2)C(=O)N(C2CC2)C3=O)cc1. The van der Waals surface area contributed by atoms with Gasteiger partial charge in [-0.2, -0.15) is 0 Å². The number of imide groups is 1. The van der Waals surface area contributed by atoms with Gasteiger partial charge in [-0.15, -0.1) is 0 Å². The van der Waals surface area contributed by atoms with Crippen molar-refractivity contribution >= 4 is 17.7 Å². The van der Waals surface area contributed by atoms with E-state index in [2.05, 4.69) is 5.32 Å². The minimum absolute atomic E-state index is 0.0270. The molecule has 0 aromatic heterocycles. The fourth-order valence-electron chi connectivity index (χ4n) is 3.28. The maximum atomic E-state index is 12.5. The third-order valence-corrected chi connectivity index (χ3v) is 4.95. The molecule has 0 unspecified atom stereocenters. The Hall–Kier alpha value is -3.15. The molecule has 1 aliphatic carbocycles. The van der Waals surface area contributed by atoms with E-state index in [0.29, 0.717) is 29.7 Å². The number of carbonyl (C=O) groups is 3. The second-order valence-corrected chi connectivity index (χ2v) is 6.83. The Morgan fingerprint density at radius 2 is 1.78 bits per heavy atom. The van der Waals surface area contributed by atoms with E-state index in [0.717, 1.165) is 24.2 Å². The van der Waals surface area contributed by atoms with Crippen molar-refractivity contribution in [1.82, 2.24) is 10.2 Å². The van der Waals surface area contributed by atoms with Gasteiger partial charge in [0, 0.05) is 18.2 Å². The van der Waals surface area contributed by atoms with Crippen molar-refractivity contribution in [2.24, 2.45) is 0 Å². The zero-order valence-electron chi connectivity index (χ0n) is 15.0. The van der Waals surface area contributed by atoms with Gasteiger partial charge in [0.1, 0.15) is 5.75 Å². The largest absolute Gasteiger partial charge is 0.497 e. The van der Waals surface area contributed by atoms with E-state index in [9.17, 15) is 14.4 Å². The average molecular weight is 364 g/mol. The molecule has 27 heavy (non-hydrogen) atoms. The van der Waals surface area contributed by atoms with Gasteiger partial charge >= 0.3 is 0 Å². The monoisotopic (exact) mass is 364 g/mol. The van der Waals surface area contributed by atoms with E-state index in [1.807, 2.05) is 24.3 Å². The first kappa shape index (κ1) is 17.3. The number of nitrogens with one attached hydrogen (secondary N) is 1. The predicted molar refractivity (Wildman–Crippen MR) is 99.0 cm³/mol. The van der Waals surface area contributed by atoms with Gasteiger partial charge in [0.05, 0.1) is 18.2 Å². The highest BCUT2D eigenvalue weighted by Gasteiger charge is 2.44. The summed E-state index contributed by atoms with van der Waals surface area (Å²) in [6.45, 7) is 0.476. The van der Waals surface area contributed by atoms with Crippen molar-refractivity contribution in [3.05, 3.63) is 64.7 Å². The minimum atomic E-state index is -0.287. The average Bonchev–Trinajstić information content (AvgIpc) is 3.49. The Bertz CT molecular complexity index is 916. The molecule has 1 saturated carbocycles. The summed E-state index contributed by atoms with van der Waals surface area (Å²) in [5, 5.41) is 2.86. The number of carbonyl (C=O) groups excluding carboxylic acids is 3. The van der Waals surface area contributed by atoms with Gasteiger partial charge in [-0.1, -0.05) is 12.1 Å². The summed E-state index contributed by atoms with van der Waals surface area (Å²) in [4.78, 5) is 38.6. The summed E-state index contributed by atoms with van der Waals surface area (Å²) in [6.07, 6.45) is 2.42. The second-order valence-electron chi connectivity index (χ2n) is 6.83. The highest BCUT2D eigenvalue weighted by atomic mass is 16.5. The van der Waals surface area contributed by atoms with Crippen molar-refractivity contribution in [3.63, 3.8) is 0 Å². The van der Waals surface area contributed by atoms with Crippen molar-refractivity contribution in [1.29, 1.82) is 0 Å². The van der Waals surface area contributed by atoms with Crippen LogP contribution in [0.15, 0.2) is 42.5 Å². The summed E-state index contributed by atoms with van der Waals surface area (Å²) in [6, 6.07) is 12.4. The molecule has 6 nitrogen and oxygen atoms in total. The number of methoxy groups -OCH3 is 1. The first-order chi connectivity index (χ1) is 13.1. The summed E-state index contributed by atoms with van der Waals surface area (Å²) >= 11 is 0. The Balaban J connectivity index is 1.40. The number of hydrogen-bond acceptors (Lipinski definition) is 4. The molecule has 0 atom stereocenters. The number of amides is 3. The van der Waals surface area contributed by atoms with Crippen LogP contribution >= 0.6 is 0 Å². The van der Waals surface area contributed by atoms with Crippen LogP contribution in [0, 0.1) is 0 Å². The molecule has 2 aromatic rings. The molecule has 138 valence electrons. The van der Waals surface area contributed by atoms with Crippen molar-refractivity contribution in [2.45, 2.75) is 25.3 Å². The molecule has 1 aliphatic heterocycles. The van der Waals surface area contributed by atoms with Crippen molar-refractivity contribution < 1.29 is 19.1 Å². The molecule has 2 aliphatic rings. The lowest BCUT2D eigenvalue weighted by Gasteiger charge is -2.11. The van der Waals surface area contributed by atoms with Crippen LogP contribution in [0.5, 0.6) is 5.75 Å². The van der Waals surface area contributed by atoms with Gasteiger partial charge in [-0.05, 0) is 55.2 Å². The van der Waals surface area contributed by atoms with Crippen molar-refractivity contribution in [3.8, 4) is 5.75 Å². The van der Waals surface area contributed by atoms with E-state index in [-0.39, 0.29) is 23.8 Å². The maximum Gasteiger partial charge on any atom is 0.261 e. The van der Waals surface area contributed by atoms with Gasteiger partial charge < -0.3 is 10.1 Å². The molecule has 0 radical (unpaired) electrons. The molecule has 4 rings (SSSR count). The standard InChI is InChI=1S/C21H20N2O4/c1-27-16-7-2-13(3-8-16)10-11-22-19(24)14-4-9-17-18(12-14)21(26)23(20(17)25)15-5-6-15/h2-4,7-9,12,15H,5-6,10-11H2,1H3,(H,22,24). The minimum Gasteiger partial charge on any atom is -0.497 e. The van der Waals surface area contributed by atoms with Gasteiger partial charge in [0.25, 0.3) is 17.7 Å². The molecule has 2 aromatic carbocycles. The third kappa shape index (κ3) is 3.30. The van der Waals surface area contributed by atoms with Crippen LogP contribution in [-0.2, 0) is 6.42 Å². The molecule has 1 fully saturated rings. The lowest BCUT2D eigenvalue weighted by molar-refractivity contribution is 0.0642. The molecule has 3 amide bonds. The molecular formula is C21H20N2O4. The zero-order valence-corrected chi connectivity index (χ0v) is 15.0. The first-order valence-electron chi connectivity index (χ1n) is 9.01. The summed E-state index contributed by atoms with van der Waals surface area (Å²) < 4.78 is 5.12. The Kier molecular flexibility index (Phi) is 4.39.